The van der Waals surface area contributed by atoms with Crippen molar-refractivity contribution in [3.63, 3.8) is 0 Å². The number of nitro groups is 1. The second kappa shape index (κ2) is 17.3. The van der Waals surface area contributed by atoms with Gasteiger partial charge >= 0.3 is 18.0 Å². The van der Waals surface area contributed by atoms with Crippen LogP contribution < -0.4 is 17.3 Å². The van der Waals surface area contributed by atoms with Crippen molar-refractivity contribution in [2.45, 2.75) is 57.2 Å². The number of aliphatic carboxylic acids is 1. The molecule has 7 N–H and O–H groups in total. The Morgan fingerprint density at radius 3 is 2.40 bits per heavy atom. The van der Waals surface area contributed by atoms with E-state index in [2.05, 4.69) is 4.99 Å². The molecule has 236 valence electrons. The zero-order valence-corrected chi connectivity index (χ0v) is 25.0. The van der Waals surface area contributed by atoms with Crippen LogP contribution in [0.5, 0.6) is 0 Å². The summed E-state index contributed by atoms with van der Waals surface area (Å²) in [5.41, 5.74) is 11.3. The van der Waals surface area contributed by atoms with E-state index in [1.54, 1.807) is 30.3 Å². The molecule has 1 unspecified atom stereocenters. The first kappa shape index (κ1) is 35.3. The Hall–Kier alpha value is -3.88. The van der Waals surface area contributed by atoms with E-state index in [9.17, 15) is 29.6 Å². The molecule has 0 spiro atoms. The number of nitrogens with two attached hydrogens (primary N) is 3. The van der Waals surface area contributed by atoms with Gasteiger partial charge in [-0.3, -0.25) is 9.79 Å². The molecule has 14 nitrogen and oxygen atoms in total. The quantitative estimate of drug-likeness (QED) is 0.0284. The standard InChI is InChI=1S/C27H37Cl2N7O7/c28-14-10-19-8-11-27(12-9-19,13-15-29)17-22(34(32)26(40)43-18-20-5-2-1-3-6-20)23(37)35(36(41)42)21(24(38)39)7-4-16-33-25(30)31/h1-3,5-6,8-9,11,21-22H,4,7,10,12-18,32H2,(H,38,39)(H4,30,31,33)/t21-,22-,27?/m0/s1. The van der Waals surface area contributed by atoms with Crippen LogP contribution in [0.3, 0.4) is 0 Å². The number of nitrogens with zero attached hydrogens (tertiary/aromatic N) is 4. The second-order valence-corrected chi connectivity index (χ2v) is 10.7. The van der Waals surface area contributed by atoms with E-state index in [1.807, 2.05) is 18.2 Å². The van der Waals surface area contributed by atoms with Gasteiger partial charge in [-0.2, -0.15) is 0 Å². The molecule has 1 aliphatic carbocycles. The first-order valence-electron chi connectivity index (χ1n) is 13.4. The van der Waals surface area contributed by atoms with Gasteiger partial charge in [-0.1, -0.05) is 54.1 Å². The number of alkyl halides is 2. The third-order valence-corrected chi connectivity index (χ3v) is 7.32. The Morgan fingerprint density at radius 2 is 1.86 bits per heavy atom. The summed E-state index contributed by atoms with van der Waals surface area (Å²) in [5, 5.41) is 21.4. The number of carbonyl (C=O) groups excluding carboxylic acids is 2. The van der Waals surface area contributed by atoms with Crippen molar-refractivity contribution in [3.8, 4) is 0 Å². The van der Waals surface area contributed by atoms with E-state index in [0.29, 0.717) is 35.7 Å². The summed E-state index contributed by atoms with van der Waals surface area (Å²) in [6.07, 6.45) is 5.17. The van der Waals surface area contributed by atoms with Crippen LogP contribution in [0.2, 0.25) is 0 Å². The van der Waals surface area contributed by atoms with Crippen molar-refractivity contribution >= 4 is 47.1 Å². The molecular formula is C27H37Cl2N7O7. The van der Waals surface area contributed by atoms with Crippen molar-refractivity contribution in [3.05, 3.63) is 69.8 Å². The average Bonchev–Trinajstić information content (AvgIpc) is 2.97. The zero-order chi connectivity index (χ0) is 32.0. The lowest BCUT2D eigenvalue weighted by atomic mass is 9.72. The molecule has 1 aromatic carbocycles. The molecule has 0 heterocycles. The van der Waals surface area contributed by atoms with Crippen molar-refractivity contribution in [2.24, 2.45) is 27.7 Å². The maximum absolute atomic E-state index is 13.9. The molecule has 0 radical (unpaired) electrons. The minimum Gasteiger partial charge on any atom is -0.480 e. The predicted octanol–water partition coefficient (Wildman–Crippen LogP) is 2.92. The first-order valence-corrected chi connectivity index (χ1v) is 14.5. The molecule has 2 rings (SSSR count). The van der Waals surface area contributed by atoms with Gasteiger partial charge in [-0.05, 0) is 54.5 Å². The summed E-state index contributed by atoms with van der Waals surface area (Å²) >= 11 is 12.0. The number of benzene rings is 1. The number of hydrogen-bond acceptors (Lipinski definition) is 8. The minimum atomic E-state index is -1.91. The molecule has 0 fully saturated rings. The number of carboxylic acid groups (broad SMARTS) is 1. The molecule has 0 aromatic heterocycles. The third-order valence-electron chi connectivity index (χ3n) is 6.95. The number of halogens is 2. The minimum absolute atomic E-state index is 0.00960. The molecular weight excluding hydrogens is 605 g/mol. The molecule has 1 aliphatic rings. The molecule has 16 heteroatoms. The lowest BCUT2D eigenvalue weighted by Crippen LogP contribution is -2.60. The number of carboxylic acids is 1. The summed E-state index contributed by atoms with van der Waals surface area (Å²) in [6, 6.07) is 5.06. The Balaban J connectivity index is 2.45. The van der Waals surface area contributed by atoms with Crippen molar-refractivity contribution in [2.75, 3.05) is 18.3 Å². The fourth-order valence-corrected chi connectivity index (χ4v) is 5.22. The summed E-state index contributed by atoms with van der Waals surface area (Å²) in [7, 11) is 0. The van der Waals surface area contributed by atoms with Crippen molar-refractivity contribution < 1.29 is 29.3 Å². The number of carbonyl (C=O) groups is 3. The molecule has 43 heavy (non-hydrogen) atoms. The van der Waals surface area contributed by atoms with Crippen LogP contribution in [-0.4, -0.2) is 74.5 Å². The lowest BCUT2D eigenvalue weighted by molar-refractivity contribution is -0.641. The van der Waals surface area contributed by atoms with Gasteiger partial charge in [-0.25, -0.2) is 30.6 Å². The highest BCUT2D eigenvalue weighted by Crippen LogP contribution is 2.40. The van der Waals surface area contributed by atoms with E-state index in [-0.39, 0.29) is 49.3 Å². The fourth-order valence-electron chi connectivity index (χ4n) is 4.63. The van der Waals surface area contributed by atoms with Crippen LogP contribution >= 0.6 is 23.2 Å². The number of hydrazine groups is 2. The van der Waals surface area contributed by atoms with Gasteiger partial charge in [0.25, 0.3) is 0 Å². The van der Waals surface area contributed by atoms with Gasteiger partial charge < -0.3 is 21.3 Å². The summed E-state index contributed by atoms with van der Waals surface area (Å²) < 4.78 is 5.30. The molecule has 0 saturated carbocycles. The zero-order valence-electron chi connectivity index (χ0n) is 23.5. The summed E-state index contributed by atoms with van der Waals surface area (Å²) in [5.74, 6) is 3.52. The molecule has 2 amide bonds. The van der Waals surface area contributed by atoms with Gasteiger partial charge in [0.2, 0.25) is 0 Å². The second-order valence-electron chi connectivity index (χ2n) is 9.95. The van der Waals surface area contributed by atoms with Gasteiger partial charge in [0.15, 0.2) is 17.0 Å². The maximum Gasteiger partial charge on any atom is 0.425 e. The van der Waals surface area contributed by atoms with E-state index in [1.165, 1.54) is 0 Å². The number of hydrogen-bond donors (Lipinski definition) is 4. The molecule has 3 atom stereocenters. The molecule has 0 bridgehead atoms. The van der Waals surface area contributed by atoms with Crippen LogP contribution in [0, 0.1) is 15.5 Å². The number of aliphatic imine (C=N–C) groups is 1. The van der Waals surface area contributed by atoms with Gasteiger partial charge in [0, 0.05) is 18.3 Å². The Labute approximate surface area is 259 Å². The first-order chi connectivity index (χ1) is 20.4. The van der Waals surface area contributed by atoms with Crippen molar-refractivity contribution in [1.82, 2.24) is 10.0 Å². The lowest BCUT2D eigenvalue weighted by Gasteiger charge is -2.38. The highest BCUT2D eigenvalue weighted by atomic mass is 35.5. The van der Waals surface area contributed by atoms with Crippen LogP contribution in [0.25, 0.3) is 0 Å². The number of ether oxygens (including phenoxy) is 1. The molecule has 1 aromatic rings. The Bertz CT molecular complexity index is 1210. The van der Waals surface area contributed by atoms with Gasteiger partial charge in [0.05, 0.1) is 0 Å². The van der Waals surface area contributed by atoms with Crippen LogP contribution in [-0.2, 0) is 20.9 Å². The highest BCUT2D eigenvalue weighted by Gasteiger charge is 2.47. The topological polar surface area (TPSA) is 221 Å². The monoisotopic (exact) mass is 641 g/mol. The maximum atomic E-state index is 13.9. The largest absolute Gasteiger partial charge is 0.480 e. The van der Waals surface area contributed by atoms with E-state index < -0.39 is 40.5 Å². The van der Waals surface area contributed by atoms with Crippen molar-refractivity contribution in [1.29, 1.82) is 0 Å². The molecule has 0 aliphatic heterocycles. The van der Waals surface area contributed by atoms with Crippen LogP contribution in [0.1, 0.15) is 44.1 Å². The molecule has 0 saturated heterocycles. The predicted molar refractivity (Wildman–Crippen MR) is 161 cm³/mol. The Kier molecular flexibility index (Phi) is 14.2. The normalized spacial score (nSPS) is 17.2. The smallest absolute Gasteiger partial charge is 0.425 e. The SMILES string of the molecule is NC(N)=NCCC[C@@H](C(=O)O)N(C(=O)[C@H](CC1(CCCl)C=CC(CCCl)=CC1)N(N)C(=O)OCc1ccccc1)[N+](=O)[O-]. The number of rotatable bonds is 17. The Morgan fingerprint density at radius 1 is 1.16 bits per heavy atom. The number of guanidine groups is 1. The van der Waals surface area contributed by atoms with E-state index in [4.69, 9.17) is 45.2 Å². The highest BCUT2D eigenvalue weighted by molar-refractivity contribution is 6.18. The fraction of sp³-hybridized carbons (Fsp3) is 0.481. The van der Waals surface area contributed by atoms with Crippen LogP contribution in [0.15, 0.2) is 59.1 Å². The summed E-state index contributed by atoms with van der Waals surface area (Å²) in [4.78, 5) is 55.1. The van der Waals surface area contributed by atoms with E-state index >= 15 is 0 Å². The number of amides is 2. The van der Waals surface area contributed by atoms with Gasteiger partial charge in [0.1, 0.15) is 12.6 Å². The third kappa shape index (κ3) is 10.7. The van der Waals surface area contributed by atoms with E-state index in [0.717, 1.165) is 5.57 Å². The van der Waals surface area contributed by atoms with Crippen LogP contribution in [0.4, 0.5) is 4.79 Å². The average molecular weight is 643 g/mol. The summed E-state index contributed by atoms with van der Waals surface area (Å²) in [6.45, 7) is -0.211. The number of allylic oxidation sites excluding steroid dienone is 4. The van der Waals surface area contributed by atoms with Gasteiger partial charge in [-0.15, -0.1) is 23.2 Å².